The fourth-order valence-electron chi connectivity index (χ4n) is 1.33. The Hall–Kier alpha value is -1.03. The number of rotatable bonds is 6. The number of halogens is 1. The molecule has 0 aromatic heterocycles. The number of hydrogen-bond acceptors (Lipinski definition) is 3. The van der Waals surface area contributed by atoms with Gasteiger partial charge in [-0.2, -0.15) is 0 Å². The van der Waals surface area contributed by atoms with Gasteiger partial charge in [-0.05, 0) is 40.9 Å². The summed E-state index contributed by atoms with van der Waals surface area (Å²) < 4.78 is 6.04. The van der Waals surface area contributed by atoms with Crippen molar-refractivity contribution < 1.29 is 9.53 Å². The van der Waals surface area contributed by atoms with Crippen molar-refractivity contribution in [2.45, 2.75) is 26.7 Å². The molecule has 0 amide bonds. The number of carbonyl (C=O) groups is 1. The Morgan fingerprint density at radius 1 is 1.47 bits per heavy atom. The van der Waals surface area contributed by atoms with E-state index < -0.39 is 0 Å². The Balaban J connectivity index is 2.39. The lowest BCUT2D eigenvalue weighted by Gasteiger charge is -2.10. The number of unbranched alkanes of at least 4 members (excludes halogenated alkanes) is 1. The zero-order chi connectivity index (χ0) is 12.7. The standard InChI is InChI=1S/C13H18BrNO2/c1-3-4-8-17-12(16)9-15-11-7-5-6-10(2)13(11)14/h5-7,15H,3-4,8-9H2,1-2H3. The molecule has 0 unspecified atom stereocenters. The highest BCUT2D eigenvalue weighted by atomic mass is 79.9. The van der Waals surface area contributed by atoms with E-state index in [1.165, 1.54) is 0 Å². The van der Waals surface area contributed by atoms with Gasteiger partial charge in [0.05, 0.1) is 6.61 Å². The number of aryl methyl sites for hydroxylation is 1. The monoisotopic (exact) mass is 299 g/mol. The second kappa shape index (κ2) is 7.33. The summed E-state index contributed by atoms with van der Waals surface area (Å²) >= 11 is 3.48. The second-order valence-electron chi connectivity index (χ2n) is 3.86. The van der Waals surface area contributed by atoms with Crippen LogP contribution in [0.1, 0.15) is 25.3 Å². The molecule has 4 heteroatoms. The highest BCUT2D eigenvalue weighted by Crippen LogP contribution is 2.25. The van der Waals surface area contributed by atoms with Crippen LogP contribution in [0.25, 0.3) is 0 Å². The van der Waals surface area contributed by atoms with Crippen LogP contribution in [-0.4, -0.2) is 19.1 Å². The maximum atomic E-state index is 11.4. The molecule has 17 heavy (non-hydrogen) atoms. The van der Waals surface area contributed by atoms with Crippen LogP contribution in [0.15, 0.2) is 22.7 Å². The van der Waals surface area contributed by atoms with Crippen molar-refractivity contribution in [1.29, 1.82) is 0 Å². The zero-order valence-corrected chi connectivity index (χ0v) is 11.8. The number of anilines is 1. The summed E-state index contributed by atoms with van der Waals surface area (Å²) in [6.45, 7) is 4.78. The van der Waals surface area contributed by atoms with Gasteiger partial charge in [0.1, 0.15) is 6.54 Å². The van der Waals surface area contributed by atoms with E-state index in [2.05, 4.69) is 28.2 Å². The molecular weight excluding hydrogens is 282 g/mol. The molecule has 0 aliphatic heterocycles. The summed E-state index contributed by atoms with van der Waals surface area (Å²) in [5.74, 6) is -0.216. The summed E-state index contributed by atoms with van der Waals surface area (Å²) in [6, 6.07) is 5.89. The predicted molar refractivity (Wildman–Crippen MR) is 73.2 cm³/mol. The number of hydrogen-bond donors (Lipinski definition) is 1. The van der Waals surface area contributed by atoms with Crippen LogP contribution in [0.4, 0.5) is 5.69 Å². The third kappa shape index (κ3) is 4.77. The van der Waals surface area contributed by atoms with Crippen molar-refractivity contribution >= 4 is 27.6 Å². The molecule has 0 bridgehead atoms. The van der Waals surface area contributed by atoms with Gasteiger partial charge in [0.15, 0.2) is 0 Å². The minimum atomic E-state index is -0.216. The van der Waals surface area contributed by atoms with Crippen molar-refractivity contribution in [3.05, 3.63) is 28.2 Å². The predicted octanol–water partition coefficient (Wildman–Crippen LogP) is 3.51. The van der Waals surface area contributed by atoms with Gasteiger partial charge in [-0.15, -0.1) is 0 Å². The first-order valence-electron chi connectivity index (χ1n) is 5.79. The molecule has 0 radical (unpaired) electrons. The smallest absolute Gasteiger partial charge is 0.325 e. The van der Waals surface area contributed by atoms with Crippen molar-refractivity contribution in [1.82, 2.24) is 0 Å². The summed E-state index contributed by atoms with van der Waals surface area (Å²) in [4.78, 5) is 11.4. The molecule has 0 fully saturated rings. The number of ether oxygens (including phenoxy) is 1. The Bertz CT molecular complexity index is 380. The molecule has 1 rings (SSSR count). The first-order valence-corrected chi connectivity index (χ1v) is 6.59. The minimum Gasteiger partial charge on any atom is -0.464 e. The van der Waals surface area contributed by atoms with Crippen LogP contribution in [0.3, 0.4) is 0 Å². The third-order valence-electron chi connectivity index (χ3n) is 2.38. The summed E-state index contributed by atoms with van der Waals surface area (Å²) in [5, 5.41) is 3.06. The molecule has 0 saturated carbocycles. The first-order chi connectivity index (χ1) is 8.15. The molecule has 0 aliphatic carbocycles. The Kier molecular flexibility index (Phi) is 6.05. The molecule has 3 nitrogen and oxygen atoms in total. The fraction of sp³-hybridized carbons (Fsp3) is 0.462. The average molecular weight is 300 g/mol. The molecule has 0 aliphatic rings. The lowest BCUT2D eigenvalue weighted by molar-refractivity contribution is -0.141. The van der Waals surface area contributed by atoms with Gasteiger partial charge in [-0.25, -0.2) is 0 Å². The van der Waals surface area contributed by atoms with Gasteiger partial charge in [0.2, 0.25) is 0 Å². The van der Waals surface area contributed by atoms with E-state index >= 15 is 0 Å². The fourth-order valence-corrected chi connectivity index (χ4v) is 1.74. The van der Waals surface area contributed by atoms with E-state index in [1.54, 1.807) is 0 Å². The molecule has 0 atom stereocenters. The van der Waals surface area contributed by atoms with E-state index in [4.69, 9.17) is 4.74 Å². The van der Waals surface area contributed by atoms with Gasteiger partial charge < -0.3 is 10.1 Å². The van der Waals surface area contributed by atoms with E-state index in [1.807, 2.05) is 25.1 Å². The third-order valence-corrected chi connectivity index (χ3v) is 3.43. The van der Waals surface area contributed by atoms with Gasteiger partial charge in [0, 0.05) is 10.2 Å². The van der Waals surface area contributed by atoms with E-state index in [-0.39, 0.29) is 12.5 Å². The van der Waals surface area contributed by atoms with Crippen molar-refractivity contribution in [3.63, 3.8) is 0 Å². The van der Waals surface area contributed by atoms with Crippen LogP contribution >= 0.6 is 15.9 Å². The van der Waals surface area contributed by atoms with Crippen LogP contribution in [0.2, 0.25) is 0 Å². The highest BCUT2D eigenvalue weighted by Gasteiger charge is 2.05. The average Bonchev–Trinajstić information content (AvgIpc) is 2.31. The molecule has 1 aromatic carbocycles. The minimum absolute atomic E-state index is 0.200. The SMILES string of the molecule is CCCCOC(=O)CNc1cccc(C)c1Br. The van der Waals surface area contributed by atoms with Crippen LogP contribution < -0.4 is 5.32 Å². The topological polar surface area (TPSA) is 38.3 Å². The van der Waals surface area contributed by atoms with Gasteiger partial charge >= 0.3 is 5.97 Å². The van der Waals surface area contributed by atoms with Crippen molar-refractivity contribution in [3.8, 4) is 0 Å². The summed E-state index contributed by atoms with van der Waals surface area (Å²) in [7, 11) is 0. The molecule has 0 heterocycles. The van der Waals surface area contributed by atoms with E-state index in [9.17, 15) is 4.79 Å². The van der Waals surface area contributed by atoms with Crippen LogP contribution in [0.5, 0.6) is 0 Å². The lowest BCUT2D eigenvalue weighted by atomic mass is 10.2. The maximum Gasteiger partial charge on any atom is 0.325 e. The summed E-state index contributed by atoms with van der Waals surface area (Å²) in [5.41, 5.74) is 2.05. The molecule has 0 saturated heterocycles. The lowest BCUT2D eigenvalue weighted by Crippen LogP contribution is -2.17. The number of carbonyl (C=O) groups excluding carboxylic acids is 1. The second-order valence-corrected chi connectivity index (χ2v) is 4.66. The summed E-state index contributed by atoms with van der Waals surface area (Å²) in [6.07, 6.45) is 1.95. The molecule has 0 spiro atoms. The van der Waals surface area contributed by atoms with Gasteiger partial charge in [-0.3, -0.25) is 4.79 Å². The highest BCUT2D eigenvalue weighted by molar-refractivity contribution is 9.10. The largest absolute Gasteiger partial charge is 0.464 e. The normalized spacial score (nSPS) is 10.1. The van der Waals surface area contributed by atoms with Crippen molar-refractivity contribution in [2.24, 2.45) is 0 Å². The van der Waals surface area contributed by atoms with Crippen LogP contribution in [0, 0.1) is 6.92 Å². The molecule has 94 valence electrons. The van der Waals surface area contributed by atoms with E-state index in [0.29, 0.717) is 6.61 Å². The first kappa shape index (κ1) is 14.0. The maximum absolute atomic E-state index is 11.4. The zero-order valence-electron chi connectivity index (χ0n) is 10.3. The number of nitrogens with one attached hydrogen (secondary N) is 1. The molecule has 1 aromatic rings. The van der Waals surface area contributed by atoms with Crippen molar-refractivity contribution in [2.75, 3.05) is 18.5 Å². The Labute approximate surface area is 111 Å². The molecule has 1 N–H and O–H groups in total. The quantitative estimate of drug-likeness (QED) is 0.645. The number of esters is 1. The van der Waals surface area contributed by atoms with Gasteiger partial charge in [-0.1, -0.05) is 25.5 Å². The molecular formula is C13H18BrNO2. The Morgan fingerprint density at radius 3 is 2.94 bits per heavy atom. The Morgan fingerprint density at radius 2 is 2.24 bits per heavy atom. The van der Waals surface area contributed by atoms with Gasteiger partial charge in [0.25, 0.3) is 0 Å². The van der Waals surface area contributed by atoms with E-state index in [0.717, 1.165) is 28.6 Å². The number of benzene rings is 1. The van der Waals surface area contributed by atoms with Crippen LogP contribution in [-0.2, 0) is 9.53 Å².